The topological polar surface area (TPSA) is 117 Å². The van der Waals surface area contributed by atoms with Crippen molar-refractivity contribution >= 4 is 23.2 Å². The molecule has 33 heavy (non-hydrogen) atoms. The normalized spacial score (nSPS) is 15.0. The molecular formula is C25H36N6O2. The van der Waals surface area contributed by atoms with Gasteiger partial charge in [-0.15, -0.1) is 0 Å². The van der Waals surface area contributed by atoms with Gasteiger partial charge in [-0.25, -0.2) is 0 Å². The largest absolute Gasteiger partial charge is 0.399 e. The molecule has 0 unspecified atom stereocenters. The summed E-state index contributed by atoms with van der Waals surface area (Å²) in [4.78, 5) is 29.3. The Bertz CT molecular complexity index is 811. The molecule has 1 saturated heterocycles. The number of carbonyl (C=O) groups is 2. The minimum absolute atomic E-state index is 0.0551. The number of hydrogen-bond acceptors (Lipinski definition) is 6. The lowest BCUT2D eigenvalue weighted by Gasteiger charge is -2.22. The van der Waals surface area contributed by atoms with Gasteiger partial charge in [-0.05, 0) is 94.0 Å². The Morgan fingerprint density at radius 3 is 1.45 bits per heavy atom. The van der Waals surface area contributed by atoms with E-state index in [0.717, 1.165) is 58.5 Å². The fourth-order valence-corrected chi connectivity index (χ4v) is 3.95. The molecule has 0 atom stereocenters. The lowest BCUT2D eigenvalue weighted by Crippen LogP contribution is -2.34. The van der Waals surface area contributed by atoms with Crippen LogP contribution in [0.4, 0.5) is 11.4 Å². The summed E-state index contributed by atoms with van der Waals surface area (Å²) < 4.78 is 0. The van der Waals surface area contributed by atoms with Gasteiger partial charge in [-0.3, -0.25) is 9.59 Å². The summed E-state index contributed by atoms with van der Waals surface area (Å²) in [7, 11) is 0. The van der Waals surface area contributed by atoms with Crippen LogP contribution in [-0.2, 0) is 0 Å². The summed E-state index contributed by atoms with van der Waals surface area (Å²) in [6, 6.07) is 14.0. The van der Waals surface area contributed by atoms with Crippen molar-refractivity contribution in [1.29, 1.82) is 0 Å². The zero-order chi connectivity index (χ0) is 23.5. The molecule has 1 fully saturated rings. The van der Waals surface area contributed by atoms with Crippen molar-refractivity contribution in [2.45, 2.75) is 19.3 Å². The maximum absolute atomic E-state index is 12.2. The molecule has 6 N–H and O–H groups in total. The van der Waals surface area contributed by atoms with Crippen LogP contribution in [0.3, 0.4) is 0 Å². The smallest absolute Gasteiger partial charge is 0.251 e. The van der Waals surface area contributed by atoms with Crippen LogP contribution in [0.15, 0.2) is 48.5 Å². The maximum Gasteiger partial charge on any atom is 0.251 e. The third-order valence-corrected chi connectivity index (χ3v) is 5.90. The molecular weight excluding hydrogens is 416 g/mol. The van der Waals surface area contributed by atoms with Crippen molar-refractivity contribution < 1.29 is 9.59 Å². The first-order chi connectivity index (χ1) is 16.0. The first kappa shape index (κ1) is 24.5. The van der Waals surface area contributed by atoms with E-state index in [1.807, 2.05) is 0 Å². The number of amides is 2. The van der Waals surface area contributed by atoms with Gasteiger partial charge in [0.1, 0.15) is 0 Å². The standard InChI is InChI=1S/C25H36N6O2/c26-22-8-4-20(5-9-22)24(32)28-12-1-14-30-16-3-17-31(19-18-30)15-2-13-29-25(33)21-6-10-23(27)11-7-21/h4-11H,1-3,12-19,26-27H2,(H,28,32)(H,29,33). The van der Waals surface area contributed by atoms with Crippen LogP contribution in [0, 0.1) is 0 Å². The molecule has 1 aliphatic heterocycles. The third kappa shape index (κ3) is 8.40. The molecule has 1 heterocycles. The average molecular weight is 453 g/mol. The number of rotatable bonds is 10. The summed E-state index contributed by atoms with van der Waals surface area (Å²) in [5, 5.41) is 5.97. The first-order valence-electron chi connectivity index (χ1n) is 11.7. The van der Waals surface area contributed by atoms with Crippen LogP contribution < -0.4 is 22.1 Å². The maximum atomic E-state index is 12.2. The number of nitrogens with one attached hydrogen (secondary N) is 2. The second kappa shape index (κ2) is 12.8. The van der Waals surface area contributed by atoms with Gasteiger partial charge < -0.3 is 31.9 Å². The summed E-state index contributed by atoms with van der Waals surface area (Å²) in [5.41, 5.74) is 13.9. The van der Waals surface area contributed by atoms with E-state index in [-0.39, 0.29) is 11.8 Å². The van der Waals surface area contributed by atoms with Crippen molar-refractivity contribution in [3.8, 4) is 0 Å². The van der Waals surface area contributed by atoms with Gasteiger partial charge >= 0.3 is 0 Å². The molecule has 0 bridgehead atoms. The van der Waals surface area contributed by atoms with E-state index in [1.54, 1.807) is 48.5 Å². The van der Waals surface area contributed by atoms with E-state index < -0.39 is 0 Å². The molecule has 1 aliphatic rings. The van der Waals surface area contributed by atoms with Gasteiger partial charge in [0.2, 0.25) is 0 Å². The number of hydrogen-bond donors (Lipinski definition) is 4. The molecule has 0 spiro atoms. The summed E-state index contributed by atoms with van der Waals surface area (Å²) >= 11 is 0. The fraction of sp³-hybridized carbons (Fsp3) is 0.440. The van der Waals surface area contributed by atoms with E-state index in [9.17, 15) is 9.59 Å². The Labute approximate surface area is 196 Å². The van der Waals surface area contributed by atoms with Gasteiger partial charge in [-0.1, -0.05) is 0 Å². The number of anilines is 2. The molecule has 0 aromatic heterocycles. The molecule has 8 heteroatoms. The van der Waals surface area contributed by atoms with E-state index >= 15 is 0 Å². The Morgan fingerprint density at radius 2 is 1.06 bits per heavy atom. The van der Waals surface area contributed by atoms with Gasteiger partial charge in [-0.2, -0.15) is 0 Å². The molecule has 0 saturated carbocycles. The molecule has 8 nitrogen and oxygen atoms in total. The molecule has 2 amide bonds. The molecule has 2 aromatic rings. The third-order valence-electron chi connectivity index (χ3n) is 5.90. The predicted molar refractivity (Wildman–Crippen MR) is 133 cm³/mol. The minimum atomic E-state index is -0.0551. The summed E-state index contributed by atoms with van der Waals surface area (Å²) in [5.74, 6) is -0.110. The first-order valence-corrected chi connectivity index (χ1v) is 11.7. The van der Waals surface area contributed by atoms with Crippen molar-refractivity contribution in [3.63, 3.8) is 0 Å². The van der Waals surface area contributed by atoms with E-state index in [4.69, 9.17) is 11.5 Å². The predicted octanol–water partition coefficient (Wildman–Crippen LogP) is 1.80. The molecule has 0 radical (unpaired) electrons. The SMILES string of the molecule is Nc1ccc(C(=O)NCCCN2CCCN(CCCNC(=O)c3ccc(N)cc3)CC2)cc1. The number of carbonyl (C=O) groups excluding carboxylic acids is 2. The Balaban J connectivity index is 1.26. The van der Waals surface area contributed by atoms with E-state index in [1.165, 1.54) is 0 Å². The second-order valence-corrected chi connectivity index (χ2v) is 8.50. The minimum Gasteiger partial charge on any atom is -0.399 e. The van der Waals surface area contributed by atoms with Gasteiger partial charge in [0.25, 0.3) is 11.8 Å². The van der Waals surface area contributed by atoms with Crippen LogP contribution >= 0.6 is 0 Å². The number of benzene rings is 2. The number of nitrogen functional groups attached to an aromatic ring is 2. The van der Waals surface area contributed by atoms with Crippen LogP contribution in [0.5, 0.6) is 0 Å². The average Bonchev–Trinajstić information content (AvgIpc) is 3.05. The van der Waals surface area contributed by atoms with Crippen molar-refractivity contribution in [2.75, 3.05) is 63.8 Å². The Morgan fingerprint density at radius 1 is 0.667 bits per heavy atom. The van der Waals surface area contributed by atoms with Crippen LogP contribution in [0.2, 0.25) is 0 Å². The van der Waals surface area contributed by atoms with E-state index in [2.05, 4.69) is 20.4 Å². The zero-order valence-corrected chi connectivity index (χ0v) is 19.3. The highest BCUT2D eigenvalue weighted by Gasteiger charge is 2.14. The lowest BCUT2D eigenvalue weighted by atomic mass is 10.2. The quantitative estimate of drug-likeness (QED) is 0.323. The Hall–Kier alpha value is -3.10. The molecule has 2 aromatic carbocycles. The fourth-order valence-electron chi connectivity index (χ4n) is 3.95. The molecule has 178 valence electrons. The van der Waals surface area contributed by atoms with Crippen LogP contribution in [0.1, 0.15) is 40.0 Å². The monoisotopic (exact) mass is 452 g/mol. The number of nitrogens with zero attached hydrogens (tertiary/aromatic N) is 2. The highest BCUT2D eigenvalue weighted by atomic mass is 16.2. The Kier molecular flexibility index (Phi) is 9.53. The van der Waals surface area contributed by atoms with Crippen LogP contribution in [0.25, 0.3) is 0 Å². The second-order valence-electron chi connectivity index (χ2n) is 8.50. The van der Waals surface area contributed by atoms with Crippen molar-refractivity contribution in [3.05, 3.63) is 59.7 Å². The molecule has 3 rings (SSSR count). The highest BCUT2D eigenvalue weighted by molar-refractivity contribution is 5.94. The molecule has 0 aliphatic carbocycles. The van der Waals surface area contributed by atoms with E-state index in [0.29, 0.717) is 35.6 Å². The summed E-state index contributed by atoms with van der Waals surface area (Å²) in [6.07, 6.45) is 2.99. The van der Waals surface area contributed by atoms with Crippen molar-refractivity contribution in [2.24, 2.45) is 0 Å². The van der Waals surface area contributed by atoms with Gasteiger partial charge in [0.05, 0.1) is 0 Å². The summed E-state index contributed by atoms with van der Waals surface area (Å²) in [6.45, 7) is 7.51. The van der Waals surface area contributed by atoms with Gasteiger partial charge in [0.15, 0.2) is 0 Å². The lowest BCUT2D eigenvalue weighted by molar-refractivity contribution is 0.0943. The van der Waals surface area contributed by atoms with Crippen LogP contribution in [-0.4, -0.2) is 74.0 Å². The van der Waals surface area contributed by atoms with Gasteiger partial charge in [0, 0.05) is 48.7 Å². The number of nitrogens with two attached hydrogens (primary N) is 2. The van der Waals surface area contributed by atoms with Crippen molar-refractivity contribution in [1.82, 2.24) is 20.4 Å². The zero-order valence-electron chi connectivity index (χ0n) is 19.3. The highest BCUT2D eigenvalue weighted by Crippen LogP contribution is 2.07.